The van der Waals surface area contributed by atoms with Crippen LogP contribution in [0.4, 0.5) is 5.82 Å². The molecule has 3 heteroatoms. The summed E-state index contributed by atoms with van der Waals surface area (Å²) in [5.74, 6) is 1.63. The van der Waals surface area contributed by atoms with Crippen LogP contribution >= 0.6 is 0 Å². The van der Waals surface area contributed by atoms with E-state index in [2.05, 4.69) is 24.1 Å². The van der Waals surface area contributed by atoms with Crippen molar-refractivity contribution < 1.29 is 0 Å². The van der Waals surface area contributed by atoms with Gasteiger partial charge in [0.25, 0.3) is 5.56 Å². The number of aromatic amines is 1. The number of anilines is 1. The topological polar surface area (TPSA) is 44.9 Å². The number of H-pyrrole nitrogens is 1. The lowest BCUT2D eigenvalue weighted by Gasteiger charge is -2.08. The SMILES string of the molecule is CC(C)CCCCCCNc1cc2ccccc2c(=O)[nH]1. The zero-order chi connectivity index (χ0) is 15.1. The smallest absolute Gasteiger partial charge is 0.257 e. The molecule has 0 unspecified atom stereocenters. The molecular formula is C18H26N2O. The van der Waals surface area contributed by atoms with Gasteiger partial charge in [-0.1, -0.05) is 57.7 Å². The van der Waals surface area contributed by atoms with Crippen molar-refractivity contribution in [1.29, 1.82) is 0 Å². The van der Waals surface area contributed by atoms with Crippen LogP contribution in [0.5, 0.6) is 0 Å². The summed E-state index contributed by atoms with van der Waals surface area (Å²) in [5.41, 5.74) is -0.0208. The lowest BCUT2D eigenvalue weighted by atomic mass is 10.0. The molecule has 1 aromatic carbocycles. The molecule has 0 amide bonds. The maximum absolute atomic E-state index is 11.9. The molecular weight excluding hydrogens is 260 g/mol. The van der Waals surface area contributed by atoms with Crippen LogP contribution in [0.15, 0.2) is 35.1 Å². The van der Waals surface area contributed by atoms with E-state index in [9.17, 15) is 4.79 Å². The minimum absolute atomic E-state index is 0.0208. The van der Waals surface area contributed by atoms with E-state index in [1.165, 1.54) is 25.7 Å². The number of hydrogen-bond acceptors (Lipinski definition) is 2. The van der Waals surface area contributed by atoms with Crippen molar-refractivity contribution in [2.75, 3.05) is 11.9 Å². The van der Waals surface area contributed by atoms with Crippen LogP contribution in [0.3, 0.4) is 0 Å². The highest BCUT2D eigenvalue weighted by Gasteiger charge is 2.00. The van der Waals surface area contributed by atoms with Gasteiger partial charge in [-0.2, -0.15) is 0 Å². The average Bonchev–Trinajstić information content (AvgIpc) is 2.46. The van der Waals surface area contributed by atoms with E-state index >= 15 is 0 Å². The van der Waals surface area contributed by atoms with Gasteiger partial charge in [0.05, 0.1) is 0 Å². The fourth-order valence-corrected chi connectivity index (χ4v) is 2.56. The first kappa shape index (κ1) is 15.6. The highest BCUT2D eigenvalue weighted by Crippen LogP contribution is 2.13. The number of hydrogen-bond donors (Lipinski definition) is 2. The van der Waals surface area contributed by atoms with Crippen LogP contribution in [-0.4, -0.2) is 11.5 Å². The summed E-state index contributed by atoms with van der Waals surface area (Å²) in [7, 11) is 0. The third-order valence-electron chi connectivity index (χ3n) is 3.78. The number of benzene rings is 1. The van der Waals surface area contributed by atoms with Gasteiger partial charge in [-0.15, -0.1) is 0 Å². The zero-order valence-corrected chi connectivity index (χ0v) is 13.1. The molecule has 114 valence electrons. The van der Waals surface area contributed by atoms with Gasteiger partial charge in [0.15, 0.2) is 0 Å². The first-order valence-corrected chi connectivity index (χ1v) is 8.03. The molecule has 3 nitrogen and oxygen atoms in total. The Hall–Kier alpha value is -1.77. The molecule has 0 saturated carbocycles. The lowest BCUT2D eigenvalue weighted by Crippen LogP contribution is -2.11. The summed E-state index contributed by atoms with van der Waals surface area (Å²) in [5, 5.41) is 5.06. The van der Waals surface area contributed by atoms with Gasteiger partial charge in [-0.3, -0.25) is 4.79 Å². The minimum Gasteiger partial charge on any atom is -0.372 e. The molecule has 1 heterocycles. The third-order valence-corrected chi connectivity index (χ3v) is 3.78. The number of nitrogens with one attached hydrogen (secondary N) is 2. The van der Waals surface area contributed by atoms with E-state index in [4.69, 9.17) is 0 Å². The largest absolute Gasteiger partial charge is 0.372 e. The van der Waals surface area contributed by atoms with Crippen molar-refractivity contribution in [1.82, 2.24) is 4.98 Å². The Morgan fingerprint density at radius 2 is 1.86 bits per heavy atom. The van der Waals surface area contributed by atoms with Crippen molar-refractivity contribution in [2.45, 2.75) is 46.0 Å². The van der Waals surface area contributed by atoms with Crippen LogP contribution in [0.2, 0.25) is 0 Å². The Morgan fingerprint density at radius 3 is 2.67 bits per heavy atom. The van der Waals surface area contributed by atoms with Crippen molar-refractivity contribution >= 4 is 16.6 Å². The van der Waals surface area contributed by atoms with Crippen molar-refractivity contribution in [3.05, 3.63) is 40.7 Å². The Labute approximate surface area is 126 Å². The maximum atomic E-state index is 11.9. The van der Waals surface area contributed by atoms with Crippen molar-refractivity contribution in [2.24, 2.45) is 5.92 Å². The summed E-state index contributed by atoms with van der Waals surface area (Å²) < 4.78 is 0. The molecule has 0 bridgehead atoms. The van der Waals surface area contributed by atoms with Gasteiger partial charge in [-0.05, 0) is 29.9 Å². The highest BCUT2D eigenvalue weighted by molar-refractivity contribution is 5.83. The summed E-state index contributed by atoms with van der Waals surface area (Å²) in [6, 6.07) is 9.69. The second-order valence-corrected chi connectivity index (χ2v) is 6.12. The molecule has 1 aromatic heterocycles. The lowest BCUT2D eigenvalue weighted by molar-refractivity contribution is 0.523. The van der Waals surface area contributed by atoms with Gasteiger partial charge in [0, 0.05) is 11.9 Å². The predicted octanol–water partition coefficient (Wildman–Crippen LogP) is 4.55. The first-order valence-electron chi connectivity index (χ1n) is 8.03. The zero-order valence-electron chi connectivity index (χ0n) is 13.1. The molecule has 2 aromatic rings. The molecule has 0 fully saturated rings. The van der Waals surface area contributed by atoms with E-state index < -0.39 is 0 Å². The summed E-state index contributed by atoms with van der Waals surface area (Å²) >= 11 is 0. The fraction of sp³-hybridized carbons (Fsp3) is 0.500. The number of pyridine rings is 1. The van der Waals surface area contributed by atoms with Gasteiger partial charge in [0.1, 0.15) is 5.82 Å². The van der Waals surface area contributed by atoms with E-state index in [1.54, 1.807) is 0 Å². The molecule has 0 spiro atoms. The quantitative estimate of drug-likeness (QED) is 0.699. The number of unbranched alkanes of at least 4 members (excludes halogenated alkanes) is 3. The normalized spacial score (nSPS) is 11.2. The molecule has 0 atom stereocenters. The number of rotatable bonds is 8. The Morgan fingerprint density at radius 1 is 1.10 bits per heavy atom. The molecule has 2 rings (SSSR count). The Bertz CT molecular complexity index is 616. The number of fused-ring (bicyclic) bond motifs is 1. The molecule has 0 aliphatic rings. The summed E-state index contributed by atoms with van der Waals surface area (Å²) in [6.45, 7) is 5.46. The molecule has 21 heavy (non-hydrogen) atoms. The van der Waals surface area contributed by atoms with Crippen LogP contribution in [0, 0.1) is 5.92 Å². The van der Waals surface area contributed by atoms with Gasteiger partial charge >= 0.3 is 0 Å². The molecule has 0 aliphatic heterocycles. The molecule has 0 radical (unpaired) electrons. The first-order chi connectivity index (χ1) is 10.2. The van der Waals surface area contributed by atoms with E-state index in [-0.39, 0.29) is 5.56 Å². The Kier molecular flexibility index (Phi) is 5.85. The fourth-order valence-electron chi connectivity index (χ4n) is 2.56. The highest BCUT2D eigenvalue weighted by atomic mass is 16.1. The van der Waals surface area contributed by atoms with E-state index in [0.29, 0.717) is 0 Å². The van der Waals surface area contributed by atoms with E-state index in [0.717, 1.165) is 35.5 Å². The maximum Gasteiger partial charge on any atom is 0.257 e. The predicted molar refractivity (Wildman–Crippen MR) is 91.0 cm³/mol. The van der Waals surface area contributed by atoms with Gasteiger partial charge in [-0.25, -0.2) is 0 Å². The van der Waals surface area contributed by atoms with Crippen LogP contribution in [0.25, 0.3) is 10.8 Å². The average molecular weight is 286 g/mol. The van der Waals surface area contributed by atoms with Crippen molar-refractivity contribution in [3.8, 4) is 0 Å². The van der Waals surface area contributed by atoms with Crippen LogP contribution in [-0.2, 0) is 0 Å². The second-order valence-electron chi connectivity index (χ2n) is 6.12. The van der Waals surface area contributed by atoms with Crippen molar-refractivity contribution in [3.63, 3.8) is 0 Å². The molecule has 0 saturated heterocycles. The van der Waals surface area contributed by atoms with Crippen LogP contribution in [0.1, 0.15) is 46.0 Å². The molecule has 0 aliphatic carbocycles. The second kappa shape index (κ2) is 7.87. The van der Waals surface area contributed by atoms with E-state index in [1.807, 2.05) is 30.3 Å². The standard InChI is InChI=1S/C18H26N2O/c1-14(2)9-5-3-4-8-12-19-17-13-15-10-6-7-11-16(15)18(21)20-17/h6-7,10-11,13-14H,3-5,8-9,12H2,1-2H3,(H2,19,20,21). The summed E-state index contributed by atoms with van der Waals surface area (Å²) in [4.78, 5) is 14.8. The molecule has 2 N–H and O–H groups in total. The Balaban J connectivity index is 1.78. The third kappa shape index (κ3) is 4.92. The monoisotopic (exact) mass is 286 g/mol. The van der Waals surface area contributed by atoms with Gasteiger partial charge < -0.3 is 10.3 Å². The summed E-state index contributed by atoms with van der Waals surface area (Å²) in [6.07, 6.45) is 6.34. The number of aromatic nitrogens is 1. The van der Waals surface area contributed by atoms with Crippen LogP contribution < -0.4 is 10.9 Å². The minimum atomic E-state index is -0.0208. The van der Waals surface area contributed by atoms with Gasteiger partial charge in [0.2, 0.25) is 0 Å².